The zero-order valence-electron chi connectivity index (χ0n) is 18.4. The van der Waals surface area contributed by atoms with Gasteiger partial charge in [-0.3, -0.25) is 0 Å². The quantitative estimate of drug-likeness (QED) is 0.306. The lowest BCUT2D eigenvalue weighted by atomic mass is 9.41. The molecule has 0 amide bonds. The van der Waals surface area contributed by atoms with Gasteiger partial charge < -0.3 is 49.2 Å². The largest absolute Gasteiger partial charge is 0.461 e. The molecule has 11 nitrogen and oxygen atoms in total. The van der Waals surface area contributed by atoms with Crippen LogP contribution in [0.15, 0.2) is 30.3 Å². The van der Waals surface area contributed by atoms with Gasteiger partial charge in [-0.05, 0) is 25.5 Å². The van der Waals surface area contributed by atoms with Crippen molar-refractivity contribution in [2.45, 2.75) is 73.8 Å². The van der Waals surface area contributed by atoms with E-state index >= 15 is 0 Å². The van der Waals surface area contributed by atoms with Gasteiger partial charge in [-0.25, -0.2) is 4.79 Å². The van der Waals surface area contributed by atoms with Crippen LogP contribution in [0.3, 0.4) is 0 Å². The van der Waals surface area contributed by atoms with Gasteiger partial charge in [0.25, 0.3) is 0 Å². The number of benzene rings is 1. The molecule has 0 unspecified atom stereocenters. The van der Waals surface area contributed by atoms with E-state index in [-0.39, 0.29) is 19.4 Å². The summed E-state index contributed by atoms with van der Waals surface area (Å²) in [6, 6.07) is 8.47. The zero-order valence-corrected chi connectivity index (χ0v) is 18.4. The minimum Gasteiger partial charge on any atom is -0.461 e. The van der Waals surface area contributed by atoms with Crippen LogP contribution in [-0.2, 0) is 23.7 Å². The molecule has 7 aliphatic rings. The molecule has 1 aromatic carbocycles. The molecular formula is C23H28O11. The van der Waals surface area contributed by atoms with Crippen molar-refractivity contribution in [3.63, 3.8) is 0 Å². The van der Waals surface area contributed by atoms with E-state index in [2.05, 4.69) is 0 Å². The van der Waals surface area contributed by atoms with Crippen LogP contribution in [0.4, 0.5) is 0 Å². The van der Waals surface area contributed by atoms with Crippen molar-refractivity contribution in [2.24, 2.45) is 11.3 Å². The van der Waals surface area contributed by atoms with Crippen LogP contribution in [0.25, 0.3) is 0 Å². The van der Waals surface area contributed by atoms with Crippen LogP contribution in [0.1, 0.15) is 30.1 Å². The second-order valence-corrected chi connectivity index (χ2v) is 10.2. The van der Waals surface area contributed by atoms with Crippen LogP contribution in [0.2, 0.25) is 0 Å². The highest BCUT2D eigenvalue weighted by Crippen LogP contribution is 2.81. The molecule has 4 saturated heterocycles. The number of ether oxygens (including phenoxy) is 5. The Kier molecular flexibility index (Phi) is 4.81. The van der Waals surface area contributed by atoms with E-state index in [1.165, 1.54) is 0 Å². The lowest BCUT2D eigenvalue weighted by Gasteiger charge is -2.67. The molecule has 0 spiro atoms. The maximum Gasteiger partial charge on any atom is 0.338 e. The van der Waals surface area contributed by atoms with Gasteiger partial charge in [-0.1, -0.05) is 18.2 Å². The van der Waals surface area contributed by atoms with E-state index in [4.69, 9.17) is 23.7 Å². The first-order chi connectivity index (χ1) is 16.1. The lowest BCUT2D eigenvalue weighted by molar-refractivity contribution is -0.424. The van der Waals surface area contributed by atoms with Crippen molar-refractivity contribution in [3.8, 4) is 0 Å². The molecule has 7 fully saturated rings. The molecule has 11 heteroatoms. The number of esters is 1. The number of aliphatic hydroxyl groups is 5. The monoisotopic (exact) mass is 480 g/mol. The van der Waals surface area contributed by atoms with Crippen molar-refractivity contribution in [1.29, 1.82) is 0 Å². The Bertz CT molecular complexity index is 988. The van der Waals surface area contributed by atoms with Crippen molar-refractivity contribution < 1.29 is 54.0 Å². The molecule has 6 bridgehead atoms. The van der Waals surface area contributed by atoms with Gasteiger partial charge >= 0.3 is 5.97 Å². The number of carbonyl (C=O) groups is 1. The topological polar surface area (TPSA) is 164 Å². The Hall–Kier alpha value is -1.67. The molecule has 4 aliphatic heterocycles. The van der Waals surface area contributed by atoms with E-state index < -0.39 is 77.9 Å². The standard InChI is InChI=1S/C23H28O11/c1-20-9-22(29)13-7-23(20,32-18-16(27)15(26)14(25)12(8-24)31-18)21(13,19(33-20)34-22)10-30-17(28)11-5-3-2-4-6-11/h2-6,12-16,18-19,24-27,29H,7-10H2,1H3/t12-,13-,14-,15+,16-,18+,19-,20-,21+,22-,23-/m1/s1. The summed E-state index contributed by atoms with van der Waals surface area (Å²) in [4.78, 5) is 12.7. The molecule has 8 rings (SSSR count). The van der Waals surface area contributed by atoms with Crippen LogP contribution in [0, 0.1) is 11.3 Å². The number of hydrogen-bond donors (Lipinski definition) is 5. The van der Waals surface area contributed by atoms with E-state index in [9.17, 15) is 30.3 Å². The highest BCUT2D eigenvalue weighted by Gasteiger charge is 2.94. The molecular weight excluding hydrogens is 452 g/mol. The molecule has 3 saturated carbocycles. The first-order valence-corrected chi connectivity index (χ1v) is 11.4. The van der Waals surface area contributed by atoms with E-state index in [1.54, 1.807) is 37.3 Å². The minimum atomic E-state index is -1.61. The summed E-state index contributed by atoms with van der Waals surface area (Å²) >= 11 is 0. The summed E-state index contributed by atoms with van der Waals surface area (Å²) in [5.41, 5.74) is -2.99. The fraction of sp³-hybridized carbons (Fsp3) is 0.696. The Labute approximate surface area is 194 Å². The molecule has 186 valence electrons. The minimum absolute atomic E-state index is 0.0902. The van der Waals surface area contributed by atoms with Gasteiger partial charge in [-0.15, -0.1) is 0 Å². The summed E-state index contributed by atoms with van der Waals surface area (Å²) in [6.45, 7) is 0.985. The first kappa shape index (κ1) is 22.8. The summed E-state index contributed by atoms with van der Waals surface area (Å²) in [5, 5.41) is 51.7. The van der Waals surface area contributed by atoms with Crippen molar-refractivity contribution in [2.75, 3.05) is 13.2 Å². The molecule has 4 heterocycles. The molecule has 1 aromatic rings. The van der Waals surface area contributed by atoms with Crippen molar-refractivity contribution in [1.82, 2.24) is 0 Å². The van der Waals surface area contributed by atoms with Gasteiger partial charge in [0.05, 0.1) is 17.6 Å². The maximum atomic E-state index is 12.7. The normalized spacial score (nSPS) is 52.5. The molecule has 11 atom stereocenters. The maximum absolute atomic E-state index is 12.7. The number of aliphatic hydroxyl groups excluding tert-OH is 4. The number of carbonyl (C=O) groups excluding carboxylic acids is 1. The SMILES string of the molecule is C[C@]12C[C@@]3(O)O[C@@H](O1)[C@]1(COC(=O)c4ccccc4)[C@H]3C[C@]12O[C@@H]1O[C@H](CO)[C@@H](O)[C@H](O)[C@H]1O. The summed E-state index contributed by atoms with van der Waals surface area (Å²) in [6.07, 6.45) is -7.87. The smallest absolute Gasteiger partial charge is 0.338 e. The first-order valence-electron chi connectivity index (χ1n) is 11.4. The van der Waals surface area contributed by atoms with Gasteiger partial charge in [0.1, 0.15) is 42.2 Å². The summed E-state index contributed by atoms with van der Waals surface area (Å²) < 4.78 is 29.7. The van der Waals surface area contributed by atoms with Crippen molar-refractivity contribution >= 4 is 5.97 Å². The van der Waals surface area contributed by atoms with Gasteiger partial charge in [0, 0.05) is 12.3 Å². The molecule has 0 aromatic heterocycles. The Morgan fingerprint density at radius 1 is 1.12 bits per heavy atom. The summed E-state index contributed by atoms with van der Waals surface area (Å²) in [7, 11) is 0. The van der Waals surface area contributed by atoms with E-state index in [1.807, 2.05) is 0 Å². The van der Waals surface area contributed by atoms with Gasteiger partial charge in [0.15, 0.2) is 18.4 Å². The number of hydrogen-bond acceptors (Lipinski definition) is 11. The molecule has 5 N–H and O–H groups in total. The lowest BCUT2D eigenvalue weighted by Crippen LogP contribution is -2.80. The van der Waals surface area contributed by atoms with Gasteiger partial charge in [-0.2, -0.15) is 0 Å². The fourth-order valence-corrected chi connectivity index (χ4v) is 6.87. The molecule has 34 heavy (non-hydrogen) atoms. The predicted molar refractivity (Wildman–Crippen MR) is 109 cm³/mol. The Balaban J connectivity index is 1.32. The van der Waals surface area contributed by atoms with Crippen LogP contribution in [0.5, 0.6) is 0 Å². The Morgan fingerprint density at radius 2 is 1.85 bits per heavy atom. The fourth-order valence-electron chi connectivity index (χ4n) is 6.87. The number of rotatable bonds is 6. The van der Waals surface area contributed by atoms with Crippen LogP contribution < -0.4 is 0 Å². The van der Waals surface area contributed by atoms with E-state index in [0.29, 0.717) is 5.56 Å². The van der Waals surface area contributed by atoms with Crippen LogP contribution >= 0.6 is 0 Å². The highest BCUT2D eigenvalue weighted by molar-refractivity contribution is 5.89. The third-order valence-corrected chi connectivity index (χ3v) is 8.57. The average Bonchev–Trinajstić information content (AvgIpc) is 3.00. The third kappa shape index (κ3) is 2.59. The van der Waals surface area contributed by atoms with Gasteiger partial charge in [0.2, 0.25) is 0 Å². The second-order valence-electron chi connectivity index (χ2n) is 10.2. The Morgan fingerprint density at radius 3 is 2.56 bits per heavy atom. The zero-order chi connectivity index (χ0) is 24.1. The predicted octanol–water partition coefficient (Wildman–Crippen LogP) is -1.36. The highest BCUT2D eigenvalue weighted by atomic mass is 16.8. The van der Waals surface area contributed by atoms with Crippen molar-refractivity contribution in [3.05, 3.63) is 35.9 Å². The van der Waals surface area contributed by atoms with E-state index in [0.717, 1.165) is 0 Å². The molecule has 3 aliphatic carbocycles. The third-order valence-electron chi connectivity index (χ3n) is 8.57. The molecule has 0 radical (unpaired) electrons. The van der Waals surface area contributed by atoms with Crippen LogP contribution in [-0.4, -0.2) is 98.7 Å². The summed E-state index contributed by atoms with van der Waals surface area (Å²) in [5.74, 6) is -2.49. The average molecular weight is 480 g/mol. The second kappa shape index (κ2) is 7.19.